The lowest BCUT2D eigenvalue weighted by atomic mass is 10.4. The fourth-order valence-corrected chi connectivity index (χ4v) is 2.30. The maximum Gasteiger partial charge on any atom is 0.164 e. The van der Waals surface area contributed by atoms with E-state index in [2.05, 4.69) is 32.1 Å². The Hall–Kier alpha value is -1.64. The van der Waals surface area contributed by atoms with Crippen LogP contribution in [0.2, 0.25) is 5.15 Å². The predicted octanol–water partition coefficient (Wildman–Crippen LogP) is 2.69. The first-order valence-electron chi connectivity index (χ1n) is 4.86. The fourth-order valence-electron chi connectivity index (χ4n) is 1.16. The van der Waals surface area contributed by atoms with Crippen molar-refractivity contribution in [3.63, 3.8) is 0 Å². The summed E-state index contributed by atoms with van der Waals surface area (Å²) in [5.74, 6) is 5.71. The summed E-state index contributed by atoms with van der Waals surface area (Å²) in [6.45, 7) is 2.35. The van der Waals surface area contributed by atoms with Crippen molar-refractivity contribution in [2.45, 2.75) is 6.92 Å². The van der Waals surface area contributed by atoms with E-state index in [1.54, 1.807) is 19.3 Å². The average Bonchev–Trinajstić information content (AvgIpc) is 2.73. The van der Waals surface area contributed by atoms with Crippen LogP contribution in [0.15, 0.2) is 18.7 Å². The third kappa shape index (κ3) is 2.93. The molecule has 0 fully saturated rings. The molecule has 2 aromatic heterocycles. The van der Waals surface area contributed by atoms with Gasteiger partial charge in [0.2, 0.25) is 0 Å². The highest BCUT2D eigenvalue weighted by molar-refractivity contribution is 7.19. The van der Waals surface area contributed by atoms with E-state index in [9.17, 15) is 0 Å². The van der Waals surface area contributed by atoms with Crippen LogP contribution >= 0.6 is 22.9 Å². The van der Waals surface area contributed by atoms with Gasteiger partial charge in [-0.3, -0.25) is 0 Å². The van der Waals surface area contributed by atoms with E-state index in [1.165, 1.54) is 17.7 Å². The van der Waals surface area contributed by atoms with E-state index in [0.29, 0.717) is 11.7 Å². The highest BCUT2D eigenvalue weighted by atomic mass is 35.5. The van der Waals surface area contributed by atoms with Crippen LogP contribution in [0.25, 0.3) is 10.6 Å². The maximum atomic E-state index is 6.02. The van der Waals surface area contributed by atoms with Gasteiger partial charge in [-0.2, -0.15) is 0 Å². The van der Waals surface area contributed by atoms with Crippen molar-refractivity contribution in [3.05, 3.63) is 23.9 Å². The maximum absolute atomic E-state index is 6.02. The third-order valence-electron chi connectivity index (χ3n) is 1.91. The normalized spacial score (nSPS) is 9.53. The van der Waals surface area contributed by atoms with Gasteiger partial charge in [0, 0.05) is 18.0 Å². The molecule has 0 aliphatic rings. The van der Waals surface area contributed by atoms with Crippen LogP contribution in [0.1, 0.15) is 6.92 Å². The molecule has 0 aliphatic carbocycles. The number of hydrogen-bond acceptors (Lipinski definition) is 5. The summed E-state index contributed by atoms with van der Waals surface area (Å²) in [5, 5.41) is 5.17. The predicted molar refractivity (Wildman–Crippen MR) is 70.1 cm³/mol. The minimum Gasteiger partial charge on any atom is -0.363 e. The van der Waals surface area contributed by atoms with Gasteiger partial charge in [0.1, 0.15) is 16.3 Å². The molecule has 1 N–H and O–H groups in total. The average molecular weight is 265 g/mol. The van der Waals surface area contributed by atoms with E-state index in [1.807, 2.05) is 0 Å². The molecule has 2 aromatic rings. The molecule has 0 atom stereocenters. The number of nitrogens with one attached hydrogen (secondary N) is 1. The lowest BCUT2D eigenvalue weighted by molar-refractivity contribution is 1.17. The molecule has 0 radical (unpaired) electrons. The van der Waals surface area contributed by atoms with Crippen molar-refractivity contribution in [3.8, 4) is 22.4 Å². The Morgan fingerprint density at radius 3 is 2.88 bits per heavy atom. The second-order valence-corrected chi connectivity index (χ2v) is 4.40. The number of anilines is 1. The molecule has 2 heterocycles. The van der Waals surface area contributed by atoms with E-state index >= 15 is 0 Å². The zero-order valence-corrected chi connectivity index (χ0v) is 10.6. The van der Waals surface area contributed by atoms with Gasteiger partial charge in [-0.25, -0.2) is 15.0 Å². The van der Waals surface area contributed by atoms with Crippen molar-refractivity contribution < 1.29 is 0 Å². The molecule has 0 aliphatic heterocycles. The van der Waals surface area contributed by atoms with Gasteiger partial charge in [-0.1, -0.05) is 28.9 Å². The summed E-state index contributed by atoms with van der Waals surface area (Å²) in [6.07, 6.45) is 4.89. The van der Waals surface area contributed by atoms with Gasteiger partial charge in [-0.15, -0.1) is 5.92 Å². The van der Waals surface area contributed by atoms with Gasteiger partial charge < -0.3 is 5.32 Å². The van der Waals surface area contributed by atoms with Crippen molar-refractivity contribution in [2.75, 3.05) is 11.9 Å². The third-order valence-corrected chi connectivity index (χ3v) is 3.36. The summed E-state index contributed by atoms with van der Waals surface area (Å²) in [6, 6.07) is 0. The van der Waals surface area contributed by atoms with Gasteiger partial charge in [0.15, 0.2) is 5.15 Å². The summed E-state index contributed by atoms with van der Waals surface area (Å²) in [7, 11) is 0. The van der Waals surface area contributed by atoms with E-state index in [4.69, 9.17) is 11.6 Å². The molecule has 0 spiro atoms. The Labute approximate surface area is 108 Å². The highest BCUT2D eigenvalue weighted by Gasteiger charge is 2.10. The van der Waals surface area contributed by atoms with Crippen LogP contribution in [-0.4, -0.2) is 21.5 Å². The first-order chi connectivity index (χ1) is 8.31. The molecule has 0 unspecified atom stereocenters. The van der Waals surface area contributed by atoms with Gasteiger partial charge in [0.05, 0.1) is 6.54 Å². The molecular formula is C11H9ClN4S. The number of hydrogen-bond donors (Lipinski definition) is 1. The molecule has 0 bridgehead atoms. The molecule has 0 aromatic carbocycles. The molecule has 6 heteroatoms. The molecule has 0 saturated carbocycles. The minimum atomic E-state index is 0.451. The fraction of sp³-hybridized carbons (Fsp3) is 0.182. The Kier molecular flexibility index (Phi) is 3.91. The Morgan fingerprint density at radius 2 is 2.18 bits per heavy atom. The lowest BCUT2D eigenvalue weighted by Gasteiger charge is -1.95. The van der Waals surface area contributed by atoms with Crippen LogP contribution in [0.5, 0.6) is 0 Å². The molecule has 17 heavy (non-hydrogen) atoms. The summed E-state index contributed by atoms with van der Waals surface area (Å²) >= 11 is 7.48. The number of aromatic nitrogens is 3. The van der Waals surface area contributed by atoms with Crippen LogP contribution in [0.3, 0.4) is 0 Å². The van der Waals surface area contributed by atoms with Crippen LogP contribution < -0.4 is 5.32 Å². The topological polar surface area (TPSA) is 50.7 Å². The number of halogens is 1. The largest absolute Gasteiger partial charge is 0.363 e. The summed E-state index contributed by atoms with van der Waals surface area (Å²) < 4.78 is 0. The van der Waals surface area contributed by atoms with Crippen LogP contribution in [0, 0.1) is 11.8 Å². The van der Waals surface area contributed by atoms with Crippen molar-refractivity contribution >= 4 is 27.9 Å². The Morgan fingerprint density at radius 1 is 1.41 bits per heavy atom. The van der Waals surface area contributed by atoms with Crippen molar-refractivity contribution in [1.29, 1.82) is 0 Å². The standard InChI is InChI=1S/C11H9ClN4S/c1-2-3-4-15-11-9(12)16-10(17-11)8-5-13-7-14-6-8/h5-7,15H,4H2,1H3. The first-order valence-corrected chi connectivity index (χ1v) is 6.06. The molecule has 4 nitrogen and oxygen atoms in total. The quantitative estimate of drug-likeness (QED) is 0.866. The number of rotatable bonds is 3. The molecule has 86 valence electrons. The minimum absolute atomic E-state index is 0.451. The van der Waals surface area contributed by atoms with Crippen molar-refractivity contribution in [1.82, 2.24) is 15.0 Å². The van der Waals surface area contributed by atoms with Gasteiger partial charge in [-0.05, 0) is 6.92 Å². The van der Waals surface area contributed by atoms with E-state index in [0.717, 1.165) is 15.6 Å². The zero-order chi connectivity index (χ0) is 12.1. The monoisotopic (exact) mass is 264 g/mol. The first kappa shape index (κ1) is 11.8. The van der Waals surface area contributed by atoms with Gasteiger partial charge in [0.25, 0.3) is 0 Å². The SMILES string of the molecule is CC#CCNc1sc(-c2cncnc2)nc1Cl. The van der Waals surface area contributed by atoms with E-state index < -0.39 is 0 Å². The lowest BCUT2D eigenvalue weighted by Crippen LogP contribution is -1.96. The molecule has 0 saturated heterocycles. The van der Waals surface area contributed by atoms with Crippen LogP contribution in [-0.2, 0) is 0 Å². The van der Waals surface area contributed by atoms with Crippen LogP contribution in [0.4, 0.5) is 5.00 Å². The number of thiazole rings is 1. The van der Waals surface area contributed by atoms with E-state index in [-0.39, 0.29) is 0 Å². The molecular weight excluding hydrogens is 256 g/mol. The smallest absolute Gasteiger partial charge is 0.164 e. The number of nitrogens with zero attached hydrogens (tertiary/aromatic N) is 3. The second kappa shape index (κ2) is 5.62. The summed E-state index contributed by atoms with van der Waals surface area (Å²) in [4.78, 5) is 12.1. The molecule has 2 rings (SSSR count). The molecule has 0 amide bonds. The van der Waals surface area contributed by atoms with Gasteiger partial charge >= 0.3 is 0 Å². The van der Waals surface area contributed by atoms with Crippen molar-refractivity contribution in [2.24, 2.45) is 0 Å². The zero-order valence-electron chi connectivity index (χ0n) is 9.07. The summed E-state index contributed by atoms with van der Waals surface area (Å²) in [5.41, 5.74) is 0.856. The second-order valence-electron chi connectivity index (χ2n) is 3.05. The Bertz CT molecular complexity index is 556. The Balaban J connectivity index is 2.21. The highest BCUT2D eigenvalue weighted by Crippen LogP contribution is 2.34.